The topological polar surface area (TPSA) is 99.9 Å². The molecule has 21 heavy (non-hydrogen) atoms. The third kappa shape index (κ3) is 2.32. The molecule has 3 aromatic rings. The van der Waals surface area contributed by atoms with E-state index in [2.05, 4.69) is 10.1 Å². The van der Waals surface area contributed by atoms with E-state index < -0.39 is 4.92 Å². The average molecular weight is 281 g/mol. The van der Waals surface area contributed by atoms with Gasteiger partial charge in [-0.2, -0.15) is 5.10 Å². The number of nitro groups is 1. The van der Waals surface area contributed by atoms with Crippen LogP contribution in [-0.2, 0) is 0 Å². The lowest BCUT2D eigenvalue weighted by atomic mass is 10.2. The van der Waals surface area contributed by atoms with E-state index in [0.717, 1.165) is 5.56 Å². The lowest BCUT2D eigenvalue weighted by Crippen LogP contribution is -2.00. The number of benzene rings is 1. The van der Waals surface area contributed by atoms with Crippen molar-refractivity contribution >= 4 is 11.4 Å². The molecule has 0 aliphatic rings. The predicted octanol–water partition coefficient (Wildman–Crippen LogP) is 2.42. The molecule has 0 radical (unpaired) electrons. The number of aromatic nitrogens is 3. The summed E-state index contributed by atoms with van der Waals surface area (Å²) in [4.78, 5) is 14.6. The van der Waals surface area contributed by atoms with Crippen molar-refractivity contribution < 1.29 is 4.92 Å². The number of nitro benzene ring substituents is 1. The van der Waals surface area contributed by atoms with Crippen LogP contribution >= 0.6 is 0 Å². The number of nitrogens with two attached hydrogens (primary N) is 1. The number of pyridine rings is 1. The third-order valence-corrected chi connectivity index (χ3v) is 3.02. The normalized spacial score (nSPS) is 10.5. The molecule has 0 aliphatic carbocycles. The minimum Gasteiger partial charge on any atom is -0.396 e. The van der Waals surface area contributed by atoms with Crippen LogP contribution in [0.2, 0.25) is 0 Å². The molecule has 0 amide bonds. The van der Waals surface area contributed by atoms with Crippen LogP contribution in [0.1, 0.15) is 0 Å². The number of para-hydroxylation sites is 2. The van der Waals surface area contributed by atoms with Crippen molar-refractivity contribution in [2.24, 2.45) is 0 Å². The molecule has 0 atom stereocenters. The summed E-state index contributed by atoms with van der Waals surface area (Å²) in [5, 5.41) is 15.4. The molecule has 7 nitrogen and oxygen atoms in total. The molecule has 0 saturated carbocycles. The highest BCUT2D eigenvalue weighted by Gasteiger charge is 2.17. The number of nitrogens with zero attached hydrogens (tertiary/aromatic N) is 4. The van der Waals surface area contributed by atoms with Crippen LogP contribution in [0.5, 0.6) is 0 Å². The van der Waals surface area contributed by atoms with E-state index in [1.165, 1.54) is 10.7 Å². The maximum Gasteiger partial charge on any atom is 0.294 e. The first kappa shape index (κ1) is 12.8. The second kappa shape index (κ2) is 5.04. The Balaban J connectivity index is 2.12. The highest BCUT2D eigenvalue weighted by Crippen LogP contribution is 2.28. The fourth-order valence-electron chi connectivity index (χ4n) is 2.06. The van der Waals surface area contributed by atoms with Gasteiger partial charge < -0.3 is 5.73 Å². The zero-order chi connectivity index (χ0) is 14.8. The summed E-state index contributed by atoms with van der Waals surface area (Å²) in [5.41, 5.74) is 8.12. The first-order chi connectivity index (χ1) is 10.2. The Bertz CT molecular complexity index is 798. The first-order valence-corrected chi connectivity index (χ1v) is 6.16. The molecule has 0 unspecified atom stereocenters. The molecule has 0 saturated heterocycles. The summed E-state index contributed by atoms with van der Waals surface area (Å²) >= 11 is 0. The number of nitrogen functional groups attached to an aromatic ring is 1. The Morgan fingerprint density at radius 3 is 2.57 bits per heavy atom. The van der Waals surface area contributed by atoms with E-state index in [1.807, 2.05) is 0 Å². The Hall–Kier alpha value is -3.22. The Morgan fingerprint density at radius 1 is 1.14 bits per heavy atom. The van der Waals surface area contributed by atoms with Crippen molar-refractivity contribution in [2.75, 3.05) is 5.73 Å². The second-order valence-corrected chi connectivity index (χ2v) is 4.36. The number of anilines is 1. The summed E-state index contributed by atoms with van der Waals surface area (Å²) in [6.07, 6.45) is 4.84. The van der Waals surface area contributed by atoms with Crippen molar-refractivity contribution in [3.63, 3.8) is 0 Å². The summed E-state index contributed by atoms with van der Waals surface area (Å²) in [7, 11) is 0. The Kier molecular flexibility index (Phi) is 3.07. The van der Waals surface area contributed by atoms with Crippen LogP contribution in [0.15, 0.2) is 55.0 Å². The van der Waals surface area contributed by atoms with Gasteiger partial charge >= 0.3 is 0 Å². The second-order valence-electron chi connectivity index (χ2n) is 4.36. The van der Waals surface area contributed by atoms with Crippen molar-refractivity contribution in [3.05, 3.63) is 65.1 Å². The fraction of sp³-hybridized carbons (Fsp3) is 0. The first-order valence-electron chi connectivity index (χ1n) is 6.16. The molecule has 2 heterocycles. The van der Waals surface area contributed by atoms with E-state index in [-0.39, 0.29) is 5.69 Å². The van der Waals surface area contributed by atoms with Gasteiger partial charge in [0.15, 0.2) is 0 Å². The molecule has 0 fully saturated rings. The van der Waals surface area contributed by atoms with E-state index in [9.17, 15) is 10.1 Å². The van der Waals surface area contributed by atoms with E-state index >= 15 is 0 Å². The Morgan fingerprint density at radius 2 is 1.86 bits per heavy atom. The van der Waals surface area contributed by atoms with Crippen LogP contribution < -0.4 is 5.73 Å². The Labute approximate surface area is 119 Å². The zero-order valence-electron chi connectivity index (χ0n) is 10.9. The summed E-state index contributed by atoms with van der Waals surface area (Å²) < 4.78 is 1.42. The maximum atomic E-state index is 11.1. The smallest absolute Gasteiger partial charge is 0.294 e. The molecule has 0 aliphatic heterocycles. The van der Waals surface area contributed by atoms with Gasteiger partial charge in [-0.05, 0) is 18.2 Å². The molecule has 2 aromatic heterocycles. The standard InChI is InChI=1S/C14H11N5O2/c15-11-9-18(12-3-1-2-4-13(12)19(20)21)17-14(11)10-5-7-16-8-6-10/h1-9H,15H2. The van der Waals surface area contributed by atoms with Gasteiger partial charge in [0.2, 0.25) is 0 Å². The predicted molar refractivity (Wildman–Crippen MR) is 77.9 cm³/mol. The third-order valence-electron chi connectivity index (χ3n) is 3.02. The van der Waals surface area contributed by atoms with Gasteiger partial charge in [-0.15, -0.1) is 0 Å². The quantitative estimate of drug-likeness (QED) is 0.587. The van der Waals surface area contributed by atoms with Crippen LogP contribution in [-0.4, -0.2) is 19.7 Å². The SMILES string of the molecule is Nc1cn(-c2ccccc2[N+](=O)[O-])nc1-c1ccncc1. The van der Waals surface area contributed by atoms with Crippen LogP contribution in [0.4, 0.5) is 11.4 Å². The lowest BCUT2D eigenvalue weighted by molar-refractivity contribution is -0.384. The molecule has 0 spiro atoms. The summed E-state index contributed by atoms with van der Waals surface area (Å²) in [6, 6.07) is 9.94. The maximum absolute atomic E-state index is 11.1. The van der Waals surface area contributed by atoms with Gasteiger partial charge in [0.25, 0.3) is 5.69 Å². The monoisotopic (exact) mass is 281 g/mol. The van der Waals surface area contributed by atoms with Gasteiger partial charge in [0, 0.05) is 24.0 Å². The largest absolute Gasteiger partial charge is 0.396 e. The molecular weight excluding hydrogens is 270 g/mol. The van der Waals surface area contributed by atoms with Crippen LogP contribution in [0.25, 0.3) is 16.9 Å². The van der Waals surface area contributed by atoms with Crippen molar-refractivity contribution in [1.29, 1.82) is 0 Å². The highest BCUT2D eigenvalue weighted by molar-refractivity contribution is 5.72. The van der Waals surface area contributed by atoms with Gasteiger partial charge in [-0.3, -0.25) is 15.1 Å². The minimum absolute atomic E-state index is 0.0266. The number of hydrogen-bond donors (Lipinski definition) is 1. The van der Waals surface area contributed by atoms with Crippen LogP contribution in [0, 0.1) is 10.1 Å². The highest BCUT2D eigenvalue weighted by atomic mass is 16.6. The summed E-state index contributed by atoms with van der Waals surface area (Å²) in [5.74, 6) is 0. The van der Waals surface area contributed by atoms with E-state index in [4.69, 9.17) is 5.73 Å². The molecule has 3 rings (SSSR count). The van der Waals surface area contributed by atoms with Crippen LogP contribution in [0.3, 0.4) is 0 Å². The molecular formula is C14H11N5O2. The molecule has 7 heteroatoms. The molecule has 104 valence electrons. The number of rotatable bonds is 3. The van der Waals surface area contributed by atoms with Gasteiger partial charge in [-0.1, -0.05) is 12.1 Å². The summed E-state index contributed by atoms with van der Waals surface area (Å²) in [6.45, 7) is 0. The fourth-order valence-corrected chi connectivity index (χ4v) is 2.06. The zero-order valence-corrected chi connectivity index (χ0v) is 10.9. The van der Waals surface area contributed by atoms with Gasteiger partial charge in [0.05, 0.1) is 16.8 Å². The molecule has 1 aromatic carbocycles. The van der Waals surface area contributed by atoms with Gasteiger partial charge in [-0.25, -0.2) is 4.68 Å². The van der Waals surface area contributed by atoms with Crippen molar-refractivity contribution in [3.8, 4) is 16.9 Å². The lowest BCUT2D eigenvalue weighted by Gasteiger charge is -2.02. The molecule has 2 N–H and O–H groups in total. The van der Waals surface area contributed by atoms with E-state index in [0.29, 0.717) is 17.1 Å². The molecule has 0 bridgehead atoms. The van der Waals surface area contributed by atoms with Crippen molar-refractivity contribution in [1.82, 2.24) is 14.8 Å². The minimum atomic E-state index is -0.445. The average Bonchev–Trinajstić information content (AvgIpc) is 2.90. The van der Waals surface area contributed by atoms with Crippen molar-refractivity contribution in [2.45, 2.75) is 0 Å². The number of hydrogen-bond acceptors (Lipinski definition) is 5. The van der Waals surface area contributed by atoms with E-state index in [1.54, 1.807) is 48.9 Å². The van der Waals surface area contributed by atoms with Gasteiger partial charge in [0.1, 0.15) is 11.4 Å².